The van der Waals surface area contributed by atoms with Crippen molar-refractivity contribution in [1.82, 2.24) is 4.98 Å². The molecule has 0 bridgehead atoms. The van der Waals surface area contributed by atoms with Crippen LogP contribution in [0.5, 0.6) is 0 Å². The summed E-state index contributed by atoms with van der Waals surface area (Å²) in [6, 6.07) is 1.56. The molecule has 0 aliphatic rings. The van der Waals surface area contributed by atoms with E-state index < -0.39 is 5.97 Å². The number of aromatic carboxylic acids is 1. The monoisotopic (exact) mass is 306 g/mol. The maximum atomic E-state index is 10.8. The second-order valence-electron chi connectivity index (χ2n) is 2.50. The summed E-state index contributed by atoms with van der Waals surface area (Å²) in [7, 11) is 0. The lowest BCUT2D eigenvalue weighted by atomic mass is 10.2. The van der Waals surface area contributed by atoms with Gasteiger partial charge in [-0.05, 0) is 28.7 Å². The molecule has 1 rings (SSSR count). The van der Waals surface area contributed by atoms with E-state index in [0.717, 1.165) is 0 Å². The first kappa shape index (κ1) is 10.9. The smallest absolute Gasteiger partial charge is 0.340 e. The predicted molar refractivity (Wildman–Crippen MR) is 58.2 cm³/mol. The molecule has 74 valence electrons. The first-order valence-corrected chi connectivity index (χ1v) is 4.75. The van der Waals surface area contributed by atoms with Crippen molar-refractivity contribution < 1.29 is 14.7 Å². The fraction of sp³-hybridized carbons (Fsp3) is 0.125. The van der Waals surface area contributed by atoms with E-state index in [9.17, 15) is 9.59 Å². The van der Waals surface area contributed by atoms with Crippen molar-refractivity contribution in [3.63, 3.8) is 0 Å². The van der Waals surface area contributed by atoms with Crippen molar-refractivity contribution in [1.29, 1.82) is 0 Å². The number of hydrogen-bond acceptors (Lipinski definition) is 3. The topological polar surface area (TPSA) is 79.3 Å². The first-order chi connectivity index (χ1) is 6.52. The van der Waals surface area contributed by atoms with Gasteiger partial charge in [0.15, 0.2) is 0 Å². The zero-order chi connectivity index (χ0) is 10.7. The molecule has 0 saturated heterocycles. The number of anilines is 1. The Bertz CT molecular complexity index is 392. The highest BCUT2D eigenvalue weighted by atomic mass is 127. The number of nitrogens with zero attached hydrogens (tertiary/aromatic N) is 1. The first-order valence-electron chi connectivity index (χ1n) is 3.67. The van der Waals surface area contributed by atoms with Gasteiger partial charge in [0.25, 0.3) is 0 Å². The lowest BCUT2D eigenvalue weighted by Crippen LogP contribution is -2.13. The van der Waals surface area contributed by atoms with E-state index in [1.807, 2.05) is 22.6 Å². The highest BCUT2D eigenvalue weighted by Gasteiger charge is 2.15. The van der Waals surface area contributed by atoms with Gasteiger partial charge in [-0.3, -0.25) is 4.79 Å². The number of aromatic nitrogens is 1. The number of carboxylic acid groups (broad SMARTS) is 1. The standard InChI is InChI=1S/C8H7IN2O3/c1-4(12)11-7-6(8(13)14)5(9)2-3-10-7/h2-3H,1H3,(H,13,14)(H,10,11,12). The molecular weight excluding hydrogens is 299 g/mol. The molecule has 14 heavy (non-hydrogen) atoms. The molecule has 0 aliphatic heterocycles. The third-order valence-electron chi connectivity index (χ3n) is 1.41. The number of carbonyl (C=O) groups is 2. The molecule has 0 aromatic carbocycles. The Kier molecular flexibility index (Phi) is 3.39. The third-order valence-corrected chi connectivity index (χ3v) is 2.31. The maximum Gasteiger partial charge on any atom is 0.340 e. The summed E-state index contributed by atoms with van der Waals surface area (Å²) in [5.74, 6) is -1.37. The molecule has 1 heterocycles. The predicted octanol–water partition coefficient (Wildman–Crippen LogP) is 1.34. The third kappa shape index (κ3) is 2.41. The van der Waals surface area contributed by atoms with Gasteiger partial charge in [-0.15, -0.1) is 0 Å². The number of pyridine rings is 1. The zero-order valence-corrected chi connectivity index (χ0v) is 9.40. The summed E-state index contributed by atoms with van der Waals surface area (Å²) in [4.78, 5) is 25.4. The summed E-state index contributed by atoms with van der Waals surface area (Å²) in [6.07, 6.45) is 1.44. The fourth-order valence-electron chi connectivity index (χ4n) is 0.903. The molecule has 0 atom stereocenters. The minimum atomic E-state index is -1.11. The molecule has 0 spiro atoms. The Hall–Kier alpha value is -1.18. The molecule has 1 aromatic rings. The van der Waals surface area contributed by atoms with Crippen LogP contribution in [0.4, 0.5) is 5.82 Å². The van der Waals surface area contributed by atoms with Crippen LogP contribution in [-0.2, 0) is 4.79 Å². The second kappa shape index (κ2) is 4.36. The molecule has 0 fully saturated rings. The van der Waals surface area contributed by atoms with Gasteiger partial charge < -0.3 is 10.4 Å². The van der Waals surface area contributed by atoms with Crippen molar-refractivity contribution in [3.05, 3.63) is 21.4 Å². The summed E-state index contributed by atoms with van der Waals surface area (Å²) in [6.45, 7) is 1.30. The molecule has 6 heteroatoms. The SMILES string of the molecule is CC(=O)Nc1nccc(I)c1C(=O)O. The van der Waals surface area contributed by atoms with E-state index in [4.69, 9.17) is 5.11 Å². The van der Waals surface area contributed by atoms with Crippen LogP contribution in [0.1, 0.15) is 17.3 Å². The van der Waals surface area contributed by atoms with Gasteiger partial charge in [-0.2, -0.15) is 0 Å². The Morgan fingerprint density at radius 3 is 2.71 bits per heavy atom. The summed E-state index contributed by atoms with van der Waals surface area (Å²) in [5, 5.41) is 11.2. The van der Waals surface area contributed by atoms with Crippen molar-refractivity contribution in [2.24, 2.45) is 0 Å². The van der Waals surface area contributed by atoms with Crippen LogP contribution in [-0.4, -0.2) is 22.0 Å². The molecule has 0 saturated carbocycles. The normalized spacial score (nSPS) is 9.57. The number of amides is 1. The highest BCUT2D eigenvalue weighted by Crippen LogP contribution is 2.18. The lowest BCUT2D eigenvalue weighted by Gasteiger charge is -2.06. The van der Waals surface area contributed by atoms with Gasteiger partial charge in [0.2, 0.25) is 5.91 Å². The maximum absolute atomic E-state index is 10.8. The molecule has 0 unspecified atom stereocenters. The number of hydrogen-bond donors (Lipinski definition) is 2. The van der Waals surface area contributed by atoms with Gasteiger partial charge in [-0.1, -0.05) is 0 Å². The highest BCUT2D eigenvalue weighted by molar-refractivity contribution is 14.1. The van der Waals surface area contributed by atoms with Gasteiger partial charge in [0.05, 0.1) is 0 Å². The Morgan fingerprint density at radius 2 is 2.21 bits per heavy atom. The Labute approximate surface area is 93.7 Å². The van der Waals surface area contributed by atoms with Crippen LogP contribution >= 0.6 is 22.6 Å². The number of carbonyl (C=O) groups excluding carboxylic acids is 1. The Morgan fingerprint density at radius 1 is 1.57 bits per heavy atom. The summed E-state index contributed by atoms with van der Waals surface area (Å²) >= 11 is 1.88. The molecule has 0 aliphatic carbocycles. The average Bonchev–Trinajstić information content (AvgIpc) is 2.01. The van der Waals surface area contributed by atoms with Gasteiger partial charge >= 0.3 is 5.97 Å². The molecule has 5 nitrogen and oxygen atoms in total. The van der Waals surface area contributed by atoms with Gasteiger partial charge in [-0.25, -0.2) is 9.78 Å². The van der Waals surface area contributed by atoms with Crippen LogP contribution in [0.15, 0.2) is 12.3 Å². The molecule has 1 amide bonds. The molecule has 0 radical (unpaired) electrons. The number of rotatable bonds is 2. The van der Waals surface area contributed by atoms with Crippen molar-refractivity contribution in [2.45, 2.75) is 6.92 Å². The fourth-order valence-corrected chi connectivity index (χ4v) is 1.55. The largest absolute Gasteiger partial charge is 0.478 e. The number of carboxylic acids is 1. The van der Waals surface area contributed by atoms with Crippen molar-refractivity contribution in [2.75, 3.05) is 5.32 Å². The van der Waals surface area contributed by atoms with E-state index >= 15 is 0 Å². The average molecular weight is 306 g/mol. The Balaban J connectivity index is 3.21. The lowest BCUT2D eigenvalue weighted by molar-refractivity contribution is -0.114. The van der Waals surface area contributed by atoms with Crippen LogP contribution < -0.4 is 5.32 Å². The molecule has 1 aromatic heterocycles. The van der Waals surface area contributed by atoms with Crippen molar-refractivity contribution >= 4 is 40.3 Å². The van der Waals surface area contributed by atoms with E-state index in [0.29, 0.717) is 3.57 Å². The van der Waals surface area contributed by atoms with E-state index in [1.165, 1.54) is 13.1 Å². The van der Waals surface area contributed by atoms with E-state index in [-0.39, 0.29) is 17.3 Å². The molecular formula is C8H7IN2O3. The van der Waals surface area contributed by atoms with Crippen molar-refractivity contribution in [3.8, 4) is 0 Å². The molecule has 2 N–H and O–H groups in total. The van der Waals surface area contributed by atoms with Gasteiger partial charge in [0.1, 0.15) is 11.4 Å². The van der Waals surface area contributed by atoms with Crippen LogP contribution in [0, 0.1) is 3.57 Å². The zero-order valence-electron chi connectivity index (χ0n) is 7.24. The van der Waals surface area contributed by atoms with Crippen LogP contribution in [0.25, 0.3) is 0 Å². The minimum absolute atomic E-state index is 0.0169. The van der Waals surface area contributed by atoms with E-state index in [2.05, 4.69) is 10.3 Å². The van der Waals surface area contributed by atoms with Crippen LogP contribution in [0.2, 0.25) is 0 Å². The number of nitrogens with one attached hydrogen (secondary N) is 1. The second-order valence-corrected chi connectivity index (χ2v) is 3.66. The quantitative estimate of drug-likeness (QED) is 0.808. The summed E-state index contributed by atoms with van der Waals surface area (Å²) < 4.78 is 0.536. The number of halogens is 1. The van der Waals surface area contributed by atoms with Crippen LogP contribution in [0.3, 0.4) is 0 Å². The van der Waals surface area contributed by atoms with Gasteiger partial charge in [0, 0.05) is 16.7 Å². The minimum Gasteiger partial charge on any atom is -0.478 e. The summed E-state index contributed by atoms with van der Waals surface area (Å²) in [5.41, 5.74) is 0.0169. The van der Waals surface area contributed by atoms with E-state index in [1.54, 1.807) is 6.07 Å².